The number of fused-ring (bicyclic) bond motifs is 1. The van der Waals surface area contributed by atoms with E-state index in [0.717, 1.165) is 0 Å². The Morgan fingerprint density at radius 2 is 2.10 bits per heavy atom. The van der Waals surface area contributed by atoms with Crippen LogP contribution < -0.4 is 0 Å². The molecule has 21 heavy (non-hydrogen) atoms. The summed E-state index contributed by atoms with van der Waals surface area (Å²) in [4.78, 5) is 18.4. The van der Waals surface area contributed by atoms with Crippen LogP contribution in [-0.4, -0.2) is 36.3 Å². The number of nitrogens with one attached hydrogen (secondary N) is 1. The lowest BCUT2D eigenvalue weighted by atomic mass is 10.2. The van der Waals surface area contributed by atoms with Crippen LogP contribution in [0.15, 0.2) is 40.7 Å². The highest BCUT2D eigenvalue weighted by atomic mass is 16.4. The van der Waals surface area contributed by atoms with Crippen molar-refractivity contribution in [2.24, 2.45) is 10.2 Å². The predicted molar refractivity (Wildman–Crippen MR) is 70.9 cm³/mol. The Morgan fingerprint density at radius 3 is 2.86 bits per heavy atom. The number of phenolic OH excluding ortho intramolecular Hbond substituents is 1. The molecule has 3 N–H and O–H groups in total. The molecule has 3 aromatic rings. The van der Waals surface area contributed by atoms with Gasteiger partial charge in [0.05, 0.1) is 5.52 Å². The minimum absolute atomic E-state index is 0.0757. The van der Waals surface area contributed by atoms with Crippen LogP contribution in [0, 0.1) is 0 Å². The lowest BCUT2D eigenvalue weighted by Crippen LogP contribution is -1.98. The molecule has 0 aliphatic carbocycles. The van der Waals surface area contributed by atoms with E-state index >= 15 is 0 Å². The molecule has 0 unspecified atom stereocenters. The number of aromatic nitrogens is 4. The number of aromatic hydroxyl groups is 1. The monoisotopic (exact) mass is 284 g/mol. The molecule has 0 aliphatic heterocycles. The van der Waals surface area contributed by atoms with Gasteiger partial charge in [0.2, 0.25) is 5.82 Å². The van der Waals surface area contributed by atoms with Gasteiger partial charge in [-0.1, -0.05) is 0 Å². The first kappa shape index (κ1) is 12.7. The van der Waals surface area contributed by atoms with Crippen molar-refractivity contribution in [3.05, 3.63) is 36.3 Å². The van der Waals surface area contributed by atoms with Crippen molar-refractivity contribution < 1.29 is 15.0 Å². The normalized spacial score (nSPS) is 11.2. The van der Waals surface area contributed by atoms with Gasteiger partial charge in [-0.2, -0.15) is 4.98 Å². The number of carbonyl (C=O) groups is 1. The third-order valence-electron chi connectivity index (χ3n) is 2.65. The summed E-state index contributed by atoms with van der Waals surface area (Å²) in [6.07, 6.45) is 1.62. The molecule has 0 spiro atoms. The first-order valence-corrected chi connectivity index (χ1v) is 5.79. The van der Waals surface area contributed by atoms with Crippen molar-refractivity contribution in [1.82, 2.24) is 20.2 Å². The Bertz CT molecular complexity index is 857. The Kier molecular flexibility index (Phi) is 2.99. The zero-order chi connectivity index (χ0) is 14.8. The highest BCUT2D eigenvalue weighted by molar-refractivity contribution is 5.92. The fourth-order valence-corrected chi connectivity index (χ4v) is 1.72. The molecule has 9 nitrogen and oxygen atoms in total. The van der Waals surface area contributed by atoms with Crippen LogP contribution in [0.2, 0.25) is 0 Å². The van der Waals surface area contributed by atoms with Crippen molar-refractivity contribution in [2.75, 3.05) is 0 Å². The molecule has 104 valence electrons. The molecule has 0 saturated carbocycles. The molecule has 0 radical (unpaired) electrons. The van der Waals surface area contributed by atoms with Crippen LogP contribution in [0.25, 0.3) is 10.9 Å². The molecule has 2 aromatic heterocycles. The number of benzene rings is 1. The standard InChI is InChI=1S/C12H8N6O3/c19-8-4-3-7-6(2-1-5-13-7)9(8)15-17-12-14-10(11(20)21)16-18-12/h1-5,19H,(H,20,21)(H,14,16,18). The third-order valence-corrected chi connectivity index (χ3v) is 2.65. The van der Waals surface area contributed by atoms with Crippen LogP contribution in [0.5, 0.6) is 5.75 Å². The largest absolute Gasteiger partial charge is 0.506 e. The first-order chi connectivity index (χ1) is 10.1. The topological polar surface area (TPSA) is 137 Å². The molecule has 3 rings (SSSR count). The number of rotatable bonds is 3. The number of nitrogens with zero attached hydrogens (tertiary/aromatic N) is 5. The zero-order valence-electron chi connectivity index (χ0n) is 10.4. The highest BCUT2D eigenvalue weighted by Crippen LogP contribution is 2.34. The maximum atomic E-state index is 10.7. The molecule has 0 fully saturated rings. The fourth-order valence-electron chi connectivity index (χ4n) is 1.72. The number of carboxylic acids is 1. The number of hydrogen-bond donors (Lipinski definition) is 3. The van der Waals surface area contributed by atoms with Gasteiger partial charge < -0.3 is 10.2 Å². The zero-order valence-corrected chi connectivity index (χ0v) is 10.4. The predicted octanol–water partition coefficient (Wildman–Crippen LogP) is 2.17. The maximum Gasteiger partial charge on any atom is 0.373 e. The minimum atomic E-state index is -1.25. The maximum absolute atomic E-state index is 10.7. The lowest BCUT2D eigenvalue weighted by Gasteiger charge is -2.01. The fraction of sp³-hybridized carbons (Fsp3) is 0. The molecule has 0 bridgehead atoms. The van der Waals surface area contributed by atoms with Crippen molar-refractivity contribution >= 4 is 28.5 Å². The summed E-state index contributed by atoms with van der Waals surface area (Å²) in [5, 5.41) is 32.6. The summed E-state index contributed by atoms with van der Waals surface area (Å²) in [5.74, 6) is -1.81. The number of azo groups is 1. The SMILES string of the molecule is O=C(O)c1nc(N=Nc2c(O)ccc3ncccc23)n[nH]1. The Balaban J connectivity index is 2.02. The Labute approximate surface area is 117 Å². The van der Waals surface area contributed by atoms with Crippen molar-refractivity contribution in [2.45, 2.75) is 0 Å². The molecule has 0 atom stereocenters. The van der Waals surface area contributed by atoms with E-state index in [0.29, 0.717) is 10.9 Å². The first-order valence-electron chi connectivity index (χ1n) is 5.79. The smallest absolute Gasteiger partial charge is 0.373 e. The van der Waals surface area contributed by atoms with Gasteiger partial charge in [-0.3, -0.25) is 10.1 Å². The number of hydrogen-bond acceptors (Lipinski definition) is 7. The van der Waals surface area contributed by atoms with E-state index in [1.807, 2.05) is 0 Å². The number of phenols is 1. The molecule has 1 aromatic carbocycles. The van der Waals surface area contributed by atoms with Crippen LogP contribution in [0.3, 0.4) is 0 Å². The Hall–Kier alpha value is -3.36. The number of pyridine rings is 1. The minimum Gasteiger partial charge on any atom is -0.506 e. The second-order valence-electron chi connectivity index (χ2n) is 3.99. The van der Waals surface area contributed by atoms with Gasteiger partial charge >= 0.3 is 5.97 Å². The summed E-state index contributed by atoms with van der Waals surface area (Å²) in [6, 6.07) is 6.54. The summed E-state index contributed by atoms with van der Waals surface area (Å²) in [6.45, 7) is 0. The Morgan fingerprint density at radius 1 is 1.24 bits per heavy atom. The number of aromatic amines is 1. The van der Waals surface area contributed by atoms with E-state index in [4.69, 9.17) is 5.11 Å². The third kappa shape index (κ3) is 2.39. The molecule has 0 saturated heterocycles. The highest BCUT2D eigenvalue weighted by Gasteiger charge is 2.10. The van der Waals surface area contributed by atoms with Crippen LogP contribution >= 0.6 is 0 Å². The van der Waals surface area contributed by atoms with E-state index in [2.05, 4.69) is 30.4 Å². The summed E-state index contributed by atoms with van der Waals surface area (Å²) in [5.41, 5.74) is 0.854. The van der Waals surface area contributed by atoms with Gasteiger partial charge in [0, 0.05) is 11.6 Å². The lowest BCUT2D eigenvalue weighted by molar-refractivity contribution is 0.0684. The van der Waals surface area contributed by atoms with Gasteiger partial charge in [0.1, 0.15) is 11.4 Å². The second kappa shape index (κ2) is 4.96. The summed E-state index contributed by atoms with van der Waals surface area (Å²) >= 11 is 0. The quantitative estimate of drug-likeness (QED) is 0.630. The number of aromatic carboxylic acids is 1. The number of H-pyrrole nitrogens is 1. The van der Waals surface area contributed by atoms with E-state index in [9.17, 15) is 9.90 Å². The van der Waals surface area contributed by atoms with Gasteiger partial charge in [0.15, 0.2) is 0 Å². The van der Waals surface area contributed by atoms with Crippen LogP contribution in [0.1, 0.15) is 10.6 Å². The summed E-state index contributed by atoms with van der Waals surface area (Å²) < 4.78 is 0. The van der Waals surface area contributed by atoms with Gasteiger partial charge in [0.25, 0.3) is 5.95 Å². The molecular weight excluding hydrogens is 276 g/mol. The van der Waals surface area contributed by atoms with Gasteiger partial charge in [-0.05, 0) is 24.3 Å². The van der Waals surface area contributed by atoms with E-state index in [-0.39, 0.29) is 23.2 Å². The van der Waals surface area contributed by atoms with Gasteiger partial charge in [-0.25, -0.2) is 4.79 Å². The average molecular weight is 284 g/mol. The summed E-state index contributed by atoms with van der Waals surface area (Å²) in [7, 11) is 0. The van der Waals surface area contributed by atoms with Crippen molar-refractivity contribution in [3.63, 3.8) is 0 Å². The molecule has 0 aliphatic rings. The second-order valence-corrected chi connectivity index (χ2v) is 3.99. The molecule has 0 amide bonds. The molecular formula is C12H8N6O3. The van der Waals surface area contributed by atoms with Crippen molar-refractivity contribution in [1.29, 1.82) is 0 Å². The van der Waals surface area contributed by atoms with Crippen LogP contribution in [-0.2, 0) is 0 Å². The van der Waals surface area contributed by atoms with E-state index in [1.165, 1.54) is 6.07 Å². The van der Waals surface area contributed by atoms with Crippen LogP contribution in [0.4, 0.5) is 11.6 Å². The van der Waals surface area contributed by atoms with Gasteiger partial charge in [-0.15, -0.1) is 15.3 Å². The van der Waals surface area contributed by atoms with Crippen molar-refractivity contribution in [3.8, 4) is 5.75 Å². The molecule has 9 heteroatoms. The molecule has 2 heterocycles. The average Bonchev–Trinajstić information content (AvgIpc) is 2.95. The van der Waals surface area contributed by atoms with E-state index < -0.39 is 5.97 Å². The number of carboxylic acid groups (broad SMARTS) is 1. The van der Waals surface area contributed by atoms with E-state index in [1.54, 1.807) is 24.4 Å².